The molecule has 1 N–H and O–H groups in total. The summed E-state index contributed by atoms with van der Waals surface area (Å²) in [4.78, 5) is 10.8. The van der Waals surface area contributed by atoms with Gasteiger partial charge in [0.25, 0.3) is 0 Å². The molecule has 7 heteroatoms. The molecule has 1 fully saturated rings. The maximum Gasteiger partial charge on any atom is 0.313 e. The number of hydrogen-bond acceptors (Lipinski definition) is 5. The standard InChI is InChI=1S/C14H23N3O3S/c1-4-11-10(5-6-20-11)13-15-16-14(21-8-12(18)19)17(13)7-9(2)3/h9-11H,4-8H2,1-3H3,(H,18,19). The van der Waals surface area contributed by atoms with Gasteiger partial charge in [-0.05, 0) is 18.8 Å². The molecule has 0 amide bonds. The molecular formula is C14H23N3O3S. The minimum Gasteiger partial charge on any atom is -0.481 e. The molecule has 118 valence electrons. The average molecular weight is 313 g/mol. The number of rotatable bonds is 7. The van der Waals surface area contributed by atoms with Crippen LogP contribution >= 0.6 is 11.8 Å². The summed E-state index contributed by atoms with van der Waals surface area (Å²) in [5, 5.41) is 18.1. The van der Waals surface area contributed by atoms with Gasteiger partial charge in [-0.15, -0.1) is 10.2 Å². The number of hydrogen-bond donors (Lipinski definition) is 1. The van der Waals surface area contributed by atoms with Crippen LogP contribution in [0.4, 0.5) is 0 Å². The van der Waals surface area contributed by atoms with E-state index in [0.717, 1.165) is 31.8 Å². The van der Waals surface area contributed by atoms with Crippen LogP contribution in [0.1, 0.15) is 45.4 Å². The van der Waals surface area contributed by atoms with E-state index in [1.165, 1.54) is 11.8 Å². The molecule has 2 unspecified atom stereocenters. The fraction of sp³-hybridized carbons (Fsp3) is 0.786. The van der Waals surface area contributed by atoms with E-state index < -0.39 is 5.97 Å². The Morgan fingerprint density at radius 1 is 1.52 bits per heavy atom. The molecule has 21 heavy (non-hydrogen) atoms. The predicted molar refractivity (Wildman–Crippen MR) is 80.6 cm³/mol. The van der Waals surface area contributed by atoms with E-state index in [0.29, 0.717) is 11.1 Å². The zero-order chi connectivity index (χ0) is 15.4. The monoisotopic (exact) mass is 313 g/mol. The van der Waals surface area contributed by atoms with Crippen LogP contribution in [-0.2, 0) is 16.1 Å². The fourth-order valence-corrected chi connectivity index (χ4v) is 3.37. The fourth-order valence-electron chi connectivity index (χ4n) is 2.69. The van der Waals surface area contributed by atoms with Gasteiger partial charge in [-0.1, -0.05) is 32.5 Å². The van der Waals surface area contributed by atoms with Crippen LogP contribution in [0.5, 0.6) is 0 Å². The van der Waals surface area contributed by atoms with E-state index in [2.05, 4.69) is 35.5 Å². The van der Waals surface area contributed by atoms with Crippen molar-refractivity contribution < 1.29 is 14.6 Å². The highest BCUT2D eigenvalue weighted by atomic mass is 32.2. The van der Waals surface area contributed by atoms with E-state index in [1.807, 2.05) is 0 Å². The molecule has 2 rings (SSSR count). The number of carbonyl (C=O) groups is 1. The maximum absolute atomic E-state index is 10.8. The summed E-state index contributed by atoms with van der Waals surface area (Å²) in [6.45, 7) is 7.95. The first-order valence-corrected chi connectivity index (χ1v) is 8.40. The first kappa shape index (κ1) is 16.3. The van der Waals surface area contributed by atoms with Gasteiger partial charge in [0, 0.05) is 19.1 Å². The number of thioether (sulfide) groups is 1. The predicted octanol–water partition coefficient (Wildman–Crippen LogP) is 2.39. The van der Waals surface area contributed by atoms with Crippen molar-refractivity contribution >= 4 is 17.7 Å². The molecule has 6 nitrogen and oxygen atoms in total. The lowest BCUT2D eigenvalue weighted by molar-refractivity contribution is -0.133. The van der Waals surface area contributed by atoms with Gasteiger partial charge >= 0.3 is 5.97 Å². The van der Waals surface area contributed by atoms with Gasteiger partial charge in [0.2, 0.25) is 0 Å². The molecule has 0 aromatic carbocycles. The first-order chi connectivity index (χ1) is 10.0. The van der Waals surface area contributed by atoms with Crippen LogP contribution in [0.3, 0.4) is 0 Å². The Labute approximate surface area is 129 Å². The normalized spacial score (nSPS) is 22.1. The Morgan fingerprint density at radius 2 is 2.29 bits per heavy atom. The molecule has 0 spiro atoms. The summed E-state index contributed by atoms with van der Waals surface area (Å²) >= 11 is 1.23. The Morgan fingerprint density at radius 3 is 2.90 bits per heavy atom. The molecule has 0 bridgehead atoms. The molecule has 2 heterocycles. The van der Waals surface area contributed by atoms with Crippen molar-refractivity contribution in [1.29, 1.82) is 0 Å². The summed E-state index contributed by atoms with van der Waals surface area (Å²) in [6.07, 6.45) is 2.10. The zero-order valence-electron chi connectivity index (χ0n) is 12.8. The zero-order valence-corrected chi connectivity index (χ0v) is 13.6. The highest BCUT2D eigenvalue weighted by molar-refractivity contribution is 7.99. The van der Waals surface area contributed by atoms with Gasteiger partial charge in [-0.3, -0.25) is 4.79 Å². The van der Waals surface area contributed by atoms with Gasteiger partial charge < -0.3 is 14.4 Å². The smallest absolute Gasteiger partial charge is 0.313 e. The van der Waals surface area contributed by atoms with Gasteiger partial charge in [0.15, 0.2) is 5.16 Å². The SMILES string of the molecule is CCC1OCCC1c1nnc(SCC(=O)O)n1CC(C)C. The number of ether oxygens (including phenoxy) is 1. The summed E-state index contributed by atoms with van der Waals surface area (Å²) in [5.41, 5.74) is 0. The minimum absolute atomic E-state index is 0.00853. The van der Waals surface area contributed by atoms with E-state index in [-0.39, 0.29) is 17.8 Å². The third-order valence-electron chi connectivity index (χ3n) is 3.56. The van der Waals surface area contributed by atoms with Gasteiger partial charge in [-0.2, -0.15) is 0 Å². The number of aromatic nitrogens is 3. The topological polar surface area (TPSA) is 77.2 Å². The van der Waals surface area contributed by atoms with Crippen molar-refractivity contribution in [3.05, 3.63) is 5.82 Å². The Kier molecular flexibility index (Phi) is 5.64. The second-order valence-electron chi connectivity index (χ2n) is 5.74. The molecule has 1 aliphatic heterocycles. The number of aliphatic carboxylic acids is 1. The highest BCUT2D eigenvalue weighted by Crippen LogP contribution is 2.34. The molecule has 1 aromatic heterocycles. The highest BCUT2D eigenvalue weighted by Gasteiger charge is 2.33. The van der Waals surface area contributed by atoms with Crippen LogP contribution in [0, 0.1) is 5.92 Å². The van der Waals surface area contributed by atoms with Crippen molar-refractivity contribution in [2.45, 2.75) is 57.3 Å². The minimum atomic E-state index is -0.837. The molecular weight excluding hydrogens is 290 g/mol. The van der Waals surface area contributed by atoms with Crippen LogP contribution in [0.2, 0.25) is 0 Å². The summed E-state index contributed by atoms with van der Waals surface area (Å²) in [7, 11) is 0. The van der Waals surface area contributed by atoms with Crippen molar-refractivity contribution in [1.82, 2.24) is 14.8 Å². The molecule has 0 radical (unpaired) electrons. The van der Waals surface area contributed by atoms with Gasteiger partial charge in [0.1, 0.15) is 5.82 Å². The molecule has 1 aliphatic rings. The Balaban J connectivity index is 2.25. The van der Waals surface area contributed by atoms with Gasteiger partial charge in [0.05, 0.1) is 11.9 Å². The van der Waals surface area contributed by atoms with Crippen LogP contribution in [-0.4, -0.2) is 44.3 Å². The maximum atomic E-state index is 10.8. The van der Waals surface area contributed by atoms with Crippen molar-refractivity contribution in [3.63, 3.8) is 0 Å². The first-order valence-electron chi connectivity index (χ1n) is 7.42. The number of carboxylic acid groups (broad SMARTS) is 1. The van der Waals surface area contributed by atoms with Crippen LogP contribution in [0.25, 0.3) is 0 Å². The summed E-state index contributed by atoms with van der Waals surface area (Å²) in [5.74, 6) is 0.832. The third-order valence-corrected chi connectivity index (χ3v) is 4.51. The second kappa shape index (κ2) is 7.26. The second-order valence-corrected chi connectivity index (χ2v) is 6.68. The quantitative estimate of drug-likeness (QED) is 0.779. The lowest BCUT2D eigenvalue weighted by Crippen LogP contribution is -2.19. The molecule has 0 saturated carbocycles. The number of carboxylic acids is 1. The van der Waals surface area contributed by atoms with E-state index in [9.17, 15) is 4.79 Å². The largest absolute Gasteiger partial charge is 0.481 e. The average Bonchev–Trinajstić information content (AvgIpc) is 3.01. The summed E-state index contributed by atoms with van der Waals surface area (Å²) < 4.78 is 7.84. The molecule has 1 aromatic rings. The number of nitrogens with zero attached hydrogens (tertiary/aromatic N) is 3. The van der Waals surface area contributed by atoms with Crippen molar-refractivity contribution in [2.24, 2.45) is 5.92 Å². The van der Waals surface area contributed by atoms with Gasteiger partial charge in [-0.25, -0.2) is 0 Å². The van der Waals surface area contributed by atoms with Crippen molar-refractivity contribution in [2.75, 3.05) is 12.4 Å². The Bertz CT molecular complexity index is 490. The molecule has 0 aliphatic carbocycles. The van der Waals surface area contributed by atoms with Crippen LogP contribution in [0.15, 0.2) is 5.16 Å². The summed E-state index contributed by atoms with van der Waals surface area (Å²) in [6, 6.07) is 0. The van der Waals surface area contributed by atoms with E-state index in [1.54, 1.807) is 0 Å². The van der Waals surface area contributed by atoms with Crippen molar-refractivity contribution in [3.8, 4) is 0 Å². The molecule has 1 saturated heterocycles. The lowest BCUT2D eigenvalue weighted by atomic mass is 9.98. The molecule has 2 atom stereocenters. The van der Waals surface area contributed by atoms with E-state index in [4.69, 9.17) is 9.84 Å². The van der Waals surface area contributed by atoms with E-state index >= 15 is 0 Å². The Hall–Kier alpha value is -1.08. The van der Waals surface area contributed by atoms with Crippen LogP contribution < -0.4 is 0 Å². The third kappa shape index (κ3) is 3.97. The lowest BCUT2D eigenvalue weighted by Gasteiger charge is -2.19.